The quantitative estimate of drug-likeness (QED) is 0.0243. The summed E-state index contributed by atoms with van der Waals surface area (Å²) in [4.78, 5) is 23.1. The summed E-state index contributed by atoms with van der Waals surface area (Å²) in [5.41, 5.74) is 0. The second-order valence-corrected chi connectivity index (χ2v) is 20.3. The van der Waals surface area contributed by atoms with Crippen molar-refractivity contribution >= 4 is 13.7 Å². The highest BCUT2D eigenvalue weighted by Gasteiger charge is 2.27. The fourth-order valence-corrected chi connectivity index (χ4v) is 8.06. The molecular weight excluding hydrogens is 816 g/mol. The van der Waals surface area contributed by atoms with E-state index in [-0.39, 0.29) is 19.1 Å². The molecular formula is C55H102N2O6P+. The van der Waals surface area contributed by atoms with E-state index in [0.29, 0.717) is 17.4 Å². The van der Waals surface area contributed by atoms with E-state index in [1.807, 2.05) is 34.1 Å². The predicted molar refractivity (Wildman–Crippen MR) is 276 cm³/mol. The molecule has 0 saturated heterocycles. The normalized spacial score (nSPS) is 14.7. The molecule has 0 spiro atoms. The summed E-state index contributed by atoms with van der Waals surface area (Å²) in [7, 11) is 1.54. The molecule has 0 saturated carbocycles. The Morgan fingerprint density at radius 1 is 0.562 bits per heavy atom. The smallest absolute Gasteiger partial charge is 0.387 e. The highest BCUT2D eigenvalue weighted by Crippen LogP contribution is 2.43. The van der Waals surface area contributed by atoms with Crippen LogP contribution in [0.2, 0.25) is 0 Å². The Kier molecular flexibility index (Phi) is 44.6. The largest absolute Gasteiger partial charge is 0.472 e. The van der Waals surface area contributed by atoms with E-state index in [1.165, 1.54) is 141 Å². The Hall–Kier alpha value is -2.06. The molecule has 8 nitrogen and oxygen atoms in total. The number of carbonyl (C=O) groups excluding carboxylic acids is 1. The molecule has 0 aliphatic carbocycles. The van der Waals surface area contributed by atoms with Gasteiger partial charge in [0.25, 0.3) is 0 Å². The number of hydrogen-bond acceptors (Lipinski definition) is 5. The van der Waals surface area contributed by atoms with Gasteiger partial charge in [0.2, 0.25) is 5.91 Å². The van der Waals surface area contributed by atoms with Gasteiger partial charge in [-0.2, -0.15) is 0 Å². The second kappa shape index (κ2) is 46.1. The number of quaternary nitrogens is 1. The number of nitrogens with zero attached hydrogens (tertiary/aromatic N) is 1. The number of phosphoric acid groups is 1. The number of aliphatic hydroxyl groups is 1. The summed E-state index contributed by atoms with van der Waals surface area (Å²) in [6.07, 6.45) is 63.3. The molecule has 0 heterocycles. The monoisotopic (exact) mass is 918 g/mol. The molecule has 372 valence electrons. The van der Waals surface area contributed by atoms with Crippen LogP contribution < -0.4 is 5.32 Å². The van der Waals surface area contributed by atoms with Gasteiger partial charge in [-0.1, -0.05) is 208 Å². The zero-order valence-corrected chi connectivity index (χ0v) is 43.1. The molecule has 3 N–H and O–H groups in total. The van der Waals surface area contributed by atoms with Crippen molar-refractivity contribution in [3.63, 3.8) is 0 Å². The van der Waals surface area contributed by atoms with Gasteiger partial charge in [0.15, 0.2) is 0 Å². The van der Waals surface area contributed by atoms with Gasteiger partial charge < -0.3 is 19.8 Å². The third-order valence-electron chi connectivity index (χ3n) is 11.5. The van der Waals surface area contributed by atoms with Gasteiger partial charge in [-0.05, 0) is 77.6 Å². The number of hydrogen-bond donors (Lipinski definition) is 3. The van der Waals surface area contributed by atoms with Crippen LogP contribution in [0.1, 0.15) is 219 Å². The fourth-order valence-electron chi connectivity index (χ4n) is 7.32. The lowest BCUT2D eigenvalue weighted by Crippen LogP contribution is -2.45. The highest BCUT2D eigenvalue weighted by molar-refractivity contribution is 7.47. The fraction of sp³-hybridized carbons (Fsp3) is 0.764. The summed E-state index contributed by atoms with van der Waals surface area (Å²) < 4.78 is 23.5. The van der Waals surface area contributed by atoms with E-state index in [0.717, 1.165) is 57.8 Å². The minimum absolute atomic E-state index is 0.0514. The lowest BCUT2D eigenvalue weighted by Gasteiger charge is -2.25. The molecule has 9 heteroatoms. The first-order chi connectivity index (χ1) is 31.0. The minimum Gasteiger partial charge on any atom is -0.387 e. The molecule has 0 aliphatic rings. The van der Waals surface area contributed by atoms with Crippen molar-refractivity contribution in [3.05, 3.63) is 72.9 Å². The molecule has 0 aromatic rings. The number of phosphoric ester groups is 1. The number of carbonyl (C=O) groups is 1. The Bertz CT molecular complexity index is 1270. The van der Waals surface area contributed by atoms with Gasteiger partial charge in [-0.3, -0.25) is 13.8 Å². The van der Waals surface area contributed by atoms with E-state index in [2.05, 4.69) is 73.0 Å². The summed E-state index contributed by atoms with van der Waals surface area (Å²) in [6.45, 7) is 4.53. The first-order valence-corrected chi connectivity index (χ1v) is 27.8. The second-order valence-electron chi connectivity index (χ2n) is 18.9. The Morgan fingerprint density at radius 3 is 1.44 bits per heavy atom. The van der Waals surface area contributed by atoms with Crippen molar-refractivity contribution in [2.45, 2.75) is 231 Å². The van der Waals surface area contributed by atoms with E-state index in [1.54, 1.807) is 6.08 Å². The van der Waals surface area contributed by atoms with Crippen molar-refractivity contribution in [3.8, 4) is 0 Å². The molecule has 0 aliphatic heterocycles. The van der Waals surface area contributed by atoms with Crippen LogP contribution in [0.3, 0.4) is 0 Å². The van der Waals surface area contributed by atoms with Gasteiger partial charge >= 0.3 is 7.82 Å². The maximum Gasteiger partial charge on any atom is 0.472 e. The molecule has 3 atom stereocenters. The predicted octanol–water partition coefficient (Wildman–Crippen LogP) is 15.5. The number of aliphatic hydroxyl groups excluding tert-OH is 1. The van der Waals surface area contributed by atoms with Crippen molar-refractivity contribution in [2.24, 2.45) is 0 Å². The maximum atomic E-state index is 12.9. The van der Waals surface area contributed by atoms with Crippen LogP contribution in [0.25, 0.3) is 0 Å². The van der Waals surface area contributed by atoms with Gasteiger partial charge in [0.05, 0.1) is 39.9 Å². The van der Waals surface area contributed by atoms with Crippen LogP contribution in [0.5, 0.6) is 0 Å². The van der Waals surface area contributed by atoms with E-state index >= 15 is 0 Å². The molecule has 0 radical (unpaired) electrons. The van der Waals surface area contributed by atoms with E-state index in [9.17, 15) is 19.4 Å². The zero-order valence-electron chi connectivity index (χ0n) is 42.3. The molecule has 0 aromatic carbocycles. The third kappa shape index (κ3) is 47.9. The molecule has 0 fully saturated rings. The average Bonchev–Trinajstić information content (AvgIpc) is 3.25. The number of rotatable bonds is 47. The highest BCUT2D eigenvalue weighted by atomic mass is 31.2. The number of amides is 1. The standard InChI is InChI=1S/C55H101N2O6P/c1-6-8-10-12-14-16-17-18-19-20-21-22-23-24-25-26-27-28-29-30-31-32-33-34-35-36-37-38-39-41-43-45-47-49-55(59)56-53(52-63-64(60,61)62-51-50-57(3,4)5)54(58)48-46-44-42-40-15-13-11-9-7-2/h7,9,15,17-18,20-21,23-24,40,46,48,53-54,58H,6,8,10-14,16,19,22,25-39,41-45,47,49-52H2,1-5H3,(H-,56,59,60,61)/p+1/b9-7+,18-17-,21-20-,24-23-,40-15+,48-46+. The molecule has 1 amide bonds. The molecule has 3 unspecified atom stereocenters. The summed E-state index contributed by atoms with van der Waals surface area (Å²) >= 11 is 0. The van der Waals surface area contributed by atoms with Crippen LogP contribution in [0.15, 0.2) is 72.9 Å². The Labute approximate surface area is 395 Å². The Morgan fingerprint density at radius 2 is 0.969 bits per heavy atom. The van der Waals surface area contributed by atoms with Crippen molar-refractivity contribution in [1.29, 1.82) is 0 Å². The number of allylic oxidation sites excluding steroid dienone is 11. The van der Waals surface area contributed by atoms with Gasteiger partial charge in [-0.25, -0.2) is 4.57 Å². The molecule has 0 bridgehead atoms. The summed E-state index contributed by atoms with van der Waals surface area (Å²) in [5.74, 6) is -0.195. The van der Waals surface area contributed by atoms with E-state index < -0.39 is 20.0 Å². The topological polar surface area (TPSA) is 105 Å². The number of nitrogens with one attached hydrogen (secondary N) is 1. The zero-order chi connectivity index (χ0) is 47.1. The van der Waals surface area contributed by atoms with Crippen LogP contribution in [0, 0.1) is 0 Å². The van der Waals surface area contributed by atoms with Crippen LogP contribution >= 0.6 is 7.82 Å². The Balaban J connectivity index is 3.97. The van der Waals surface area contributed by atoms with Crippen molar-refractivity contribution in [2.75, 3.05) is 40.9 Å². The van der Waals surface area contributed by atoms with Gasteiger partial charge in [0, 0.05) is 6.42 Å². The van der Waals surface area contributed by atoms with Gasteiger partial charge in [0.1, 0.15) is 13.2 Å². The van der Waals surface area contributed by atoms with Crippen LogP contribution in [-0.2, 0) is 18.4 Å². The number of unbranched alkanes of at least 4 members (excludes halogenated alkanes) is 25. The van der Waals surface area contributed by atoms with Crippen LogP contribution in [0.4, 0.5) is 0 Å². The third-order valence-corrected chi connectivity index (χ3v) is 12.5. The van der Waals surface area contributed by atoms with Gasteiger partial charge in [-0.15, -0.1) is 0 Å². The number of likely N-dealkylation sites (N-methyl/N-ethyl adjacent to an activating group) is 1. The maximum absolute atomic E-state index is 12.9. The molecule has 64 heavy (non-hydrogen) atoms. The minimum atomic E-state index is -4.35. The lowest BCUT2D eigenvalue weighted by molar-refractivity contribution is -0.870. The average molecular weight is 918 g/mol. The summed E-state index contributed by atoms with van der Waals surface area (Å²) in [6, 6.07) is -0.869. The van der Waals surface area contributed by atoms with Crippen molar-refractivity contribution in [1.82, 2.24) is 5.32 Å². The van der Waals surface area contributed by atoms with Crippen LogP contribution in [-0.4, -0.2) is 73.4 Å². The lowest BCUT2D eigenvalue weighted by atomic mass is 10.0. The SMILES string of the molecule is C/C=C/CC/C=C/CC/C=C/C(O)C(COP(=O)(O)OCC[N+](C)(C)C)NC(=O)CCCCCCCCCCCCCCCCCCCC/C=C\C/C=C\C/C=C\CCCCCCC. The molecule has 0 rings (SSSR count). The summed E-state index contributed by atoms with van der Waals surface area (Å²) in [5, 5.41) is 13.8. The first kappa shape index (κ1) is 61.9. The van der Waals surface area contributed by atoms with E-state index in [4.69, 9.17) is 9.05 Å². The molecule has 0 aromatic heterocycles. The van der Waals surface area contributed by atoms with Crippen molar-refractivity contribution < 1.29 is 32.9 Å². The first-order valence-electron chi connectivity index (χ1n) is 26.3.